The summed E-state index contributed by atoms with van der Waals surface area (Å²) in [6.07, 6.45) is 6.48. The lowest BCUT2D eigenvalue weighted by Crippen LogP contribution is -2.37. The molecule has 3 heteroatoms. The van der Waals surface area contributed by atoms with Gasteiger partial charge in [0.2, 0.25) is 0 Å². The van der Waals surface area contributed by atoms with E-state index in [1.54, 1.807) is 0 Å². The van der Waals surface area contributed by atoms with E-state index in [9.17, 15) is 0 Å². The van der Waals surface area contributed by atoms with Gasteiger partial charge in [0, 0.05) is 18.5 Å². The van der Waals surface area contributed by atoms with E-state index in [2.05, 4.69) is 23.9 Å². The van der Waals surface area contributed by atoms with Gasteiger partial charge >= 0.3 is 0 Å². The fourth-order valence-electron chi connectivity index (χ4n) is 2.31. The van der Waals surface area contributed by atoms with Crippen molar-refractivity contribution in [3.05, 3.63) is 0 Å². The van der Waals surface area contributed by atoms with Gasteiger partial charge in [-0.3, -0.25) is 0 Å². The van der Waals surface area contributed by atoms with Crippen molar-refractivity contribution in [1.29, 1.82) is 0 Å². The first-order chi connectivity index (χ1) is 7.24. The van der Waals surface area contributed by atoms with Crippen LogP contribution in [0.3, 0.4) is 0 Å². The largest absolute Gasteiger partial charge is 0.305 e. The molecule has 0 aliphatic carbocycles. The Bertz CT molecular complexity index is 164. The predicted molar refractivity (Wildman–Crippen MR) is 67.7 cm³/mol. The van der Waals surface area contributed by atoms with Crippen molar-refractivity contribution in [3.63, 3.8) is 0 Å². The summed E-state index contributed by atoms with van der Waals surface area (Å²) >= 11 is 5.65. The topological polar surface area (TPSA) is 6.48 Å². The molecule has 0 N–H and O–H groups in total. The van der Waals surface area contributed by atoms with Gasteiger partial charge in [0.25, 0.3) is 0 Å². The van der Waals surface area contributed by atoms with Crippen LogP contribution in [0, 0.1) is 0 Å². The van der Waals surface area contributed by atoms with Crippen LogP contribution in [-0.2, 0) is 0 Å². The van der Waals surface area contributed by atoms with Crippen LogP contribution in [-0.4, -0.2) is 55.5 Å². The van der Waals surface area contributed by atoms with E-state index in [4.69, 9.17) is 11.6 Å². The van der Waals surface area contributed by atoms with Crippen molar-refractivity contribution in [3.8, 4) is 0 Å². The van der Waals surface area contributed by atoms with Gasteiger partial charge < -0.3 is 9.80 Å². The molecule has 1 saturated heterocycles. The number of hydrogen-bond acceptors (Lipinski definition) is 2. The van der Waals surface area contributed by atoms with Crippen LogP contribution >= 0.6 is 11.6 Å². The molecular weight excluding hydrogens is 208 g/mol. The second-order valence-electron chi connectivity index (χ2n) is 4.79. The molecule has 1 heterocycles. The maximum Gasteiger partial charge on any atom is 0.0223 e. The third-order valence-electron chi connectivity index (χ3n) is 3.37. The van der Waals surface area contributed by atoms with Crippen LogP contribution in [0.2, 0.25) is 0 Å². The molecule has 1 aliphatic rings. The molecule has 15 heavy (non-hydrogen) atoms. The lowest BCUT2D eigenvalue weighted by Gasteiger charge is -2.25. The van der Waals surface area contributed by atoms with Crippen molar-refractivity contribution in [1.82, 2.24) is 9.80 Å². The fraction of sp³-hybridized carbons (Fsp3) is 1.00. The molecule has 0 saturated carbocycles. The standard InChI is InChI=1S/C12H25ClN2/c1-14(9-5-3-4-8-13)11-12-7-6-10-15(12)2/h12H,3-11H2,1-2H3. The van der Waals surface area contributed by atoms with Gasteiger partial charge in [-0.1, -0.05) is 6.42 Å². The SMILES string of the molecule is CN(CCCCCCl)CC1CCCN1C. The summed E-state index contributed by atoms with van der Waals surface area (Å²) in [4.78, 5) is 4.97. The molecule has 0 spiro atoms. The van der Waals surface area contributed by atoms with Gasteiger partial charge in [-0.25, -0.2) is 0 Å². The van der Waals surface area contributed by atoms with Crippen LogP contribution in [0.15, 0.2) is 0 Å². The average molecular weight is 233 g/mol. The Morgan fingerprint density at radius 3 is 2.73 bits per heavy atom. The van der Waals surface area contributed by atoms with Gasteiger partial charge in [0.1, 0.15) is 0 Å². The molecule has 0 aromatic rings. The summed E-state index contributed by atoms with van der Waals surface area (Å²) in [5.74, 6) is 0.815. The molecule has 90 valence electrons. The maximum absolute atomic E-state index is 5.65. The van der Waals surface area contributed by atoms with Crippen molar-refractivity contribution < 1.29 is 0 Å². The average Bonchev–Trinajstić information content (AvgIpc) is 2.59. The van der Waals surface area contributed by atoms with E-state index in [1.165, 1.54) is 51.7 Å². The molecule has 0 aromatic heterocycles. The predicted octanol–water partition coefficient (Wildman–Crippen LogP) is 2.42. The first-order valence-electron chi connectivity index (χ1n) is 6.19. The number of alkyl halides is 1. The number of nitrogens with zero attached hydrogens (tertiary/aromatic N) is 2. The van der Waals surface area contributed by atoms with Crippen molar-refractivity contribution in [2.24, 2.45) is 0 Å². The van der Waals surface area contributed by atoms with E-state index in [0.717, 1.165) is 11.9 Å². The van der Waals surface area contributed by atoms with E-state index >= 15 is 0 Å². The quantitative estimate of drug-likeness (QED) is 0.492. The van der Waals surface area contributed by atoms with E-state index < -0.39 is 0 Å². The van der Waals surface area contributed by atoms with Gasteiger partial charge in [-0.05, 0) is 52.9 Å². The van der Waals surface area contributed by atoms with Crippen molar-refractivity contribution >= 4 is 11.6 Å². The zero-order valence-electron chi connectivity index (χ0n) is 10.2. The zero-order chi connectivity index (χ0) is 11.1. The van der Waals surface area contributed by atoms with Crippen molar-refractivity contribution in [2.45, 2.75) is 38.1 Å². The monoisotopic (exact) mass is 232 g/mol. The number of halogens is 1. The minimum atomic E-state index is 0.794. The minimum absolute atomic E-state index is 0.794. The third kappa shape index (κ3) is 5.19. The number of likely N-dealkylation sites (tertiary alicyclic amines) is 1. The first-order valence-corrected chi connectivity index (χ1v) is 6.72. The smallest absolute Gasteiger partial charge is 0.0223 e. The molecule has 2 nitrogen and oxygen atoms in total. The number of unbranched alkanes of at least 4 members (excludes halogenated alkanes) is 2. The molecular formula is C12H25ClN2. The highest BCUT2D eigenvalue weighted by molar-refractivity contribution is 6.17. The summed E-state index contributed by atoms with van der Waals surface area (Å²) < 4.78 is 0. The van der Waals surface area contributed by atoms with Crippen LogP contribution in [0.1, 0.15) is 32.1 Å². The Kier molecular flexibility index (Phi) is 6.62. The Hall–Kier alpha value is 0.210. The lowest BCUT2D eigenvalue weighted by molar-refractivity contribution is 0.218. The van der Waals surface area contributed by atoms with Crippen LogP contribution in [0.4, 0.5) is 0 Å². The number of likely N-dealkylation sites (N-methyl/N-ethyl adjacent to an activating group) is 2. The van der Waals surface area contributed by atoms with Crippen LogP contribution in [0.5, 0.6) is 0 Å². The Labute approximate surface area is 99.6 Å². The van der Waals surface area contributed by atoms with Crippen LogP contribution in [0.25, 0.3) is 0 Å². The summed E-state index contributed by atoms with van der Waals surface area (Å²) in [7, 11) is 4.49. The molecule has 1 unspecified atom stereocenters. The molecule has 0 radical (unpaired) electrons. The number of hydrogen-bond donors (Lipinski definition) is 0. The second-order valence-corrected chi connectivity index (χ2v) is 5.17. The minimum Gasteiger partial charge on any atom is -0.305 e. The van der Waals surface area contributed by atoms with E-state index in [0.29, 0.717) is 0 Å². The molecule has 0 aromatic carbocycles. The van der Waals surface area contributed by atoms with E-state index in [1.807, 2.05) is 0 Å². The highest BCUT2D eigenvalue weighted by Crippen LogP contribution is 2.15. The normalized spacial score (nSPS) is 22.8. The molecule has 0 bridgehead atoms. The lowest BCUT2D eigenvalue weighted by atomic mass is 10.2. The number of rotatable bonds is 7. The summed E-state index contributed by atoms with van der Waals surface area (Å²) in [5.41, 5.74) is 0. The van der Waals surface area contributed by atoms with Crippen molar-refractivity contribution in [2.75, 3.05) is 39.6 Å². The zero-order valence-corrected chi connectivity index (χ0v) is 11.0. The van der Waals surface area contributed by atoms with Gasteiger partial charge in [0.05, 0.1) is 0 Å². The van der Waals surface area contributed by atoms with Gasteiger partial charge in [-0.15, -0.1) is 11.6 Å². The van der Waals surface area contributed by atoms with Crippen LogP contribution < -0.4 is 0 Å². The Balaban J connectivity index is 2.04. The first kappa shape index (κ1) is 13.3. The highest BCUT2D eigenvalue weighted by Gasteiger charge is 2.21. The summed E-state index contributed by atoms with van der Waals surface area (Å²) in [6.45, 7) is 3.74. The fourth-order valence-corrected chi connectivity index (χ4v) is 2.50. The second kappa shape index (κ2) is 7.48. The van der Waals surface area contributed by atoms with Gasteiger partial charge in [0.15, 0.2) is 0 Å². The van der Waals surface area contributed by atoms with Gasteiger partial charge in [-0.2, -0.15) is 0 Å². The molecule has 0 amide bonds. The third-order valence-corrected chi connectivity index (χ3v) is 3.63. The summed E-state index contributed by atoms with van der Waals surface area (Å²) in [6, 6.07) is 0.794. The highest BCUT2D eigenvalue weighted by atomic mass is 35.5. The summed E-state index contributed by atoms with van der Waals surface area (Å²) in [5, 5.41) is 0. The van der Waals surface area contributed by atoms with E-state index in [-0.39, 0.29) is 0 Å². The molecule has 1 rings (SSSR count). The Morgan fingerprint density at radius 1 is 1.33 bits per heavy atom. The molecule has 1 fully saturated rings. The molecule has 1 atom stereocenters. The maximum atomic E-state index is 5.65. The Morgan fingerprint density at radius 2 is 2.13 bits per heavy atom. The molecule has 1 aliphatic heterocycles.